The van der Waals surface area contributed by atoms with Crippen molar-refractivity contribution < 1.29 is 9.53 Å². The number of nitrogens with two attached hydrogens (primary N) is 1. The molecule has 4 rings (SSSR count). The normalized spacial score (nSPS) is 11.4. The second-order valence-corrected chi connectivity index (χ2v) is 9.21. The monoisotopic (exact) mass is 461 g/mol. The molecule has 0 aliphatic heterocycles. The van der Waals surface area contributed by atoms with E-state index in [9.17, 15) is 9.59 Å². The zero-order valence-corrected chi connectivity index (χ0v) is 19.0. The number of esters is 1. The molecular formula is C19H19N5O3S3. The number of anilines is 1. The summed E-state index contributed by atoms with van der Waals surface area (Å²) in [6.45, 7) is 6.33. The Morgan fingerprint density at radius 1 is 1.30 bits per heavy atom. The van der Waals surface area contributed by atoms with Crippen molar-refractivity contribution in [2.75, 3.05) is 12.3 Å². The molecule has 0 fully saturated rings. The minimum absolute atomic E-state index is 0.0381. The van der Waals surface area contributed by atoms with Crippen molar-refractivity contribution >= 4 is 66.7 Å². The fourth-order valence-electron chi connectivity index (χ4n) is 3.11. The van der Waals surface area contributed by atoms with Gasteiger partial charge in [-0.15, -0.1) is 22.7 Å². The maximum absolute atomic E-state index is 12.7. The van der Waals surface area contributed by atoms with Crippen LogP contribution in [0.2, 0.25) is 0 Å². The van der Waals surface area contributed by atoms with Crippen molar-refractivity contribution in [3.05, 3.63) is 38.1 Å². The smallest absolute Gasteiger partial charge is 0.348 e. The number of nitrogens with zero attached hydrogens (tertiary/aromatic N) is 4. The van der Waals surface area contributed by atoms with Crippen molar-refractivity contribution in [1.29, 1.82) is 0 Å². The van der Waals surface area contributed by atoms with E-state index in [1.54, 1.807) is 11.5 Å². The highest BCUT2D eigenvalue weighted by Crippen LogP contribution is 2.34. The van der Waals surface area contributed by atoms with Crippen molar-refractivity contribution in [2.45, 2.75) is 38.2 Å². The molecule has 0 spiro atoms. The topological polar surface area (TPSA) is 113 Å². The maximum atomic E-state index is 12.7. The Hall–Kier alpha value is -2.50. The highest BCUT2D eigenvalue weighted by molar-refractivity contribution is 7.98. The number of ether oxygens (including phenoxy) is 1. The largest absolute Gasteiger partial charge is 0.462 e. The molecule has 0 amide bonds. The third kappa shape index (κ3) is 3.57. The van der Waals surface area contributed by atoms with Gasteiger partial charge >= 0.3 is 5.97 Å². The fourth-order valence-corrected chi connectivity index (χ4v) is 5.91. The summed E-state index contributed by atoms with van der Waals surface area (Å²) in [5, 5.41) is 3.16. The van der Waals surface area contributed by atoms with Gasteiger partial charge in [0.25, 0.3) is 5.56 Å². The molecule has 30 heavy (non-hydrogen) atoms. The number of aryl methyl sites for hydroxylation is 1. The Morgan fingerprint density at radius 3 is 2.83 bits per heavy atom. The van der Waals surface area contributed by atoms with Gasteiger partial charge in [-0.2, -0.15) is 0 Å². The Morgan fingerprint density at radius 2 is 2.10 bits per heavy atom. The van der Waals surface area contributed by atoms with Gasteiger partial charge in [-0.05, 0) is 37.8 Å². The molecule has 0 aromatic carbocycles. The molecule has 4 heterocycles. The lowest BCUT2D eigenvalue weighted by Gasteiger charge is -2.09. The van der Waals surface area contributed by atoms with Crippen molar-refractivity contribution in [3.63, 3.8) is 0 Å². The quantitative estimate of drug-likeness (QED) is 0.262. The Balaban J connectivity index is 1.67. The van der Waals surface area contributed by atoms with Crippen LogP contribution in [0.1, 0.15) is 34.9 Å². The van der Waals surface area contributed by atoms with Crippen molar-refractivity contribution in [3.8, 4) is 0 Å². The molecule has 0 atom stereocenters. The number of carbonyl (C=O) groups is 1. The summed E-state index contributed by atoms with van der Waals surface area (Å²) >= 11 is 4.04. The minimum atomic E-state index is -0.381. The number of hydrogen-bond acceptors (Lipinski definition) is 10. The van der Waals surface area contributed by atoms with E-state index in [4.69, 9.17) is 10.5 Å². The number of carbonyl (C=O) groups excluding carboxylic acids is 1. The molecule has 2 N–H and O–H groups in total. The third-order valence-electron chi connectivity index (χ3n) is 4.50. The van der Waals surface area contributed by atoms with E-state index in [2.05, 4.69) is 15.0 Å². The first-order valence-corrected chi connectivity index (χ1v) is 12.0. The lowest BCUT2D eigenvalue weighted by Crippen LogP contribution is -2.21. The van der Waals surface area contributed by atoms with Crippen LogP contribution in [0.3, 0.4) is 0 Å². The summed E-state index contributed by atoms with van der Waals surface area (Å²) in [6, 6.07) is 1.84. The van der Waals surface area contributed by atoms with Crippen LogP contribution in [-0.2, 0) is 17.0 Å². The first-order valence-electron chi connectivity index (χ1n) is 9.28. The van der Waals surface area contributed by atoms with Gasteiger partial charge in [-0.3, -0.25) is 9.36 Å². The van der Waals surface area contributed by atoms with Crippen LogP contribution in [0.5, 0.6) is 0 Å². The molecule has 8 nitrogen and oxygen atoms in total. The van der Waals surface area contributed by atoms with Crippen LogP contribution < -0.4 is 11.3 Å². The van der Waals surface area contributed by atoms with E-state index in [0.717, 1.165) is 5.56 Å². The molecule has 0 bridgehead atoms. The Kier molecular flexibility index (Phi) is 5.76. The minimum Gasteiger partial charge on any atom is -0.462 e. The van der Waals surface area contributed by atoms with Gasteiger partial charge in [0.15, 0.2) is 5.16 Å². The first kappa shape index (κ1) is 20.8. The number of hydrogen-bond donors (Lipinski definition) is 1. The zero-order valence-electron chi connectivity index (χ0n) is 16.6. The van der Waals surface area contributed by atoms with Crippen LogP contribution in [-0.4, -0.2) is 32.1 Å². The Bertz CT molecular complexity index is 1320. The molecule has 4 aromatic rings. The Labute approximate surface area is 184 Å². The van der Waals surface area contributed by atoms with Gasteiger partial charge in [0.2, 0.25) is 0 Å². The summed E-state index contributed by atoms with van der Waals surface area (Å²) in [4.78, 5) is 39.6. The zero-order chi connectivity index (χ0) is 21.4. The molecule has 0 aliphatic rings. The molecule has 0 radical (unpaired) electrons. The molecule has 156 valence electrons. The van der Waals surface area contributed by atoms with Crippen LogP contribution in [0, 0.1) is 6.92 Å². The van der Waals surface area contributed by atoms with Gasteiger partial charge in [-0.1, -0.05) is 11.8 Å². The number of rotatable bonds is 6. The van der Waals surface area contributed by atoms with Crippen LogP contribution >= 0.6 is 34.4 Å². The van der Waals surface area contributed by atoms with Crippen LogP contribution in [0.25, 0.3) is 20.4 Å². The molecule has 11 heteroatoms. The number of fused-ring (bicyclic) bond motifs is 2. The predicted molar refractivity (Wildman–Crippen MR) is 122 cm³/mol. The maximum Gasteiger partial charge on any atom is 0.348 e. The van der Waals surface area contributed by atoms with Crippen molar-refractivity contribution in [1.82, 2.24) is 19.5 Å². The van der Waals surface area contributed by atoms with E-state index in [1.807, 2.05) is 25.3 Å². The summed E-state index contributed by atoms with van der Waals surface area (Å²) in [7, 11) is 0. The molecule has 0 aliphatic carbocycles. The molecular weight excluding hydrogens is 442 g/mol. The van der Waals surface area contributed by atoms with E-state index in [1.165, 1.54) is 34.4 Å². The van der Waals surface area contributed by atoms with Crippen LogP contribution in [0.4, 0.5) is 5.82 Å². The average Bonchev–Trinajstić information content (AvgIpc) is 3.31. The molecule has 0 saturated heterocycles. The van der Waals surface area contributed by atoms with E-state index in [0.29, 0.717) is 61.0 Å². The lowest BCUT2D eigenvalue weighted by atomic mass is 10.2. The van der Waals surface area contributed by atoms with Gasteiger partial charge in [0.05, 0.1) is 23.3 Å². The summed E-state index contributed by atoms with van der Waals surface area (Å²) in [6.07, 6.45) is 0. The van der Waals surface area contributed by atoms with E-state index < -0.39 is 0 Å². The van der Waals surface area contributed by atoms with Gasteiger partial charge in [-0.25, -0.2) is 19.7 Å². The van der Waals surface area contributed by atoms with Crippen LogP contribution in [0.15, 0.2) is 21.4 Å². The number of thioether (sulfide) groups is 1. The second kappa shape index (κ2) is 8.32. The second-order valence-electron chi connectivity index (χ2n) is 6.35. The number of thiophene rings is 2. The van der Waals surface area contributed by atoms with Gasteiger partial charge < -0.3 is 10.5 Å². The molecule has 0 saturated carbocycles. The fraction of sp³-hybridized carbons (Fsp3) is 0.316. The predicted octanol–water partition coefficient (Wildman–Crippen LogP) is 3.84. The third-order valence-corrected chi connectivity index (χ3v) is 7.53. The first-order chi connectivity index (χ1) is 14.4. The average molecular weight is 462 g/mol. The SMILES string of the molecule is CCOC(=O)c1sc2nc(CSc3nc4ccsc4c(=O)n3CC)nc(N)c2c1C. The summed E-state index contributed by atoms with van der Waals surface area (Å²) < 4.78 is 7.43. The van der Waals surface area contributed by atoms with Gasteiger partial charge in [0.1, 0.15) is 26.0 Å². The highest BCUT2D eigenvalue weighted by Gasteiger charge is 2.21. The number of aromatic nitrogens is 4. The van der Waals surface area contributed by atoms with E-state index in [-0.39, 0.29) is 11.5 Å². The number of nitrogen functional groups attached to an aromatic ring is 1. The molecule has 4 aromatic heterocycles. The summed E-state index contributed by atoms with van der Waals surface area (Å²) in [5.74, 6) is 0.861. The molecule has 0 unspecified atom stereocenters. The highest BCUT2D eigenvalue weighted by atomic mass is 32.2. The summed E-state index contributed by atoms with van der Waals surface area (Å²) in [5.41, 5.74) is 7.57. The van der Waals surface area contributed by atoms with Gasteiger partial charge in [0, 0.05) is 6.54 Å². The standard InChI is InChI=1S/C19H19N5O3S3/c1-4-24-17(25)14-10(6-7-28-14)21-19(24)29-8-11-22-15(20)12-9(3)13(18(26)27-5-2)30-16(12)23-11/h6-7H,4-5,8H2,1-3H3,(H2,20,22,23). The lowest BCUT2D eigenvalue weighted by molar-refractivity contribution is 0.0531. The van der Waals surface area contributed by atoms with Crippen molar-refractivity contribution in [2.24, 2.45) is 0 Å². The van der Waals surface area contributed by atoms with E-state index >= 15 is 0 Å².